The van der Waals surface area contributed by atoms with Crippen LogP contribution in [0.1, 0.15) is 28.9 Å². The number of rotatable bonds is 5. The number of piperidine rings is 1. The van der Waals surface area contributed by atoms with Crippen molar-refractivity contribution in [3.05, 3.63) is 16.3 Å². The van der Waals surface area contributed by atoms with Crippen LogP contribution in [0.25, 0.3) is 0 Å². The van der Waals surface area contributed by atoms with Gasteiger partial charge in [0.2, 0.25) is 5.91 Å². The molecule has 2 N–H and O–H groups in total. The number of nitrogens with one attached hydrogen (secondary N) is 1. The minimum Gasteiger partial charge on any atom is -0.465 e. The number of nitrogens with zero attached hydrogens (tertiary/aromatic N) is 1. The molecular weight excluding hydrogens is 304 g/mol. The zero-order valence-electron chi connectivity index (χ0n) is 12.5. The Morgan fingerprint density at radius 1 is 1.59 bits per heavy atom. The van der Waals surface area contributed by atoms with Gasteiger partial charge in [-0.2, -0.15) is 0 Å². The first-order valence-electron chi connectivity index (χ1n) is 7.42. The lowest BCUT2D eigenvalue weighted by molar-refractivity contribution is -0.118. The molecule has 0 bridgehead atoms. The second-order valence-corrected chi connectivity index (χ2v) is 6.85. The summed E-state index contributed by atoms with van der Waals surface area (Å²) in [6, 6.07) is 1.70. The van der Waals surface area contributed by atoms with Crippen LogP contribution < -0.4 is 5.32 Å². The molecule has 6 nitrogen and oxygen atoms in total. The zero-order valence-corrected chi connectivity index (χ0v) is 13.3. The van der Waals surface area contributed by atoms with E-state index in [0.717, 1.165) is 25.8 Å². The summed E-state index contributed by atoms with van der Waals surface area (Å²) in [5.74, 6) is -0.0906. The van der Waals surface area contributed by atoms with Gasteiger partial charge in [-0.15, -0.1) is 11.3 Å². The molecule has 0 unspecified atom stereocenters. The molecule has 2 heterocycles. The number of aliphatic hydroxyl groups is 1. The zero-order chi connectivity index (χ0) is 15.7. The number of hydrogen-bond donors (Lipinski definition) is 2. The number of methoxy groups -OCH3 is 1. The average molecular weight is 324 g/mol. The Morgan fingerprint density at radius 2 is 2.41 bits per heavy atom. The number of carbonyl (C=O) groups excluding carboxylic acids is 2. The summed E-state index contributed by atoms with van der Waals surface area (Å²) in [7, 11) is 1.32. The molecule has 2 fully saturated rings. The number of amides is 1. The van der Waals surface area contributed by atoms with E-state index in [0.29, 0.717) is 16.5 Å². The third kappa shape index (κ3) is 2.64. The summed E-state index contributed by atoms with van der Waals surface area (Å²) in [5.41, 5.74) is 0.305. The fourth-order valence-corrected chi connectivity index (χ4v) is 4.19. The number of hydrogen-bond acceptors (Lipinski definition) is 6. The van der Waals surface area contributed by atoms with Crippen LogP contribution in [0.4, 0.5) is 5.69 Å². The molecule has 2 atom stereocenters. The van der Waals surface area contributed by atoms with Crippen LogP contribution in [0.3, 0.4) is 0 Å². The van der Waals surface area contributed by atoms with Gasteiger partial charge in [0.05, 0.1) is 25.9 Å². The van der Waals surface area contributed by atoms with Crippen molar-refractivity contribution >= 4 is 28.9 Å². The van der Waals surface area contributed by atoms with Crippen molar-refractivity contribution in [2.24, 2.45) is 5.92 Å². The number of esters is 1. The van der Waals surface area contributed by atoms with Crippen LogP contribution >= 0.6 is 11.3 Å². The highest BCUT2D eigenvalue weighted by molar-refractivity contribution is 7.12. The first-order valence-corrected chi connectivity index (χ1v) is 8.30. The number of ether oxygens (including phenoxy) is 1. The van der Waals surface area contributed by atoms with Gasteiger partial charge in [-0.05, 0) is 43.2 Å². The van der Waals surface area contributed by atoms with Crippen LogP contribution in [-0.2, 0) is 9.53 Å². The maximum Gasteiger partial charge on any atom is 0.350 e. The number of fused-ring (bicyclic) bond motifs is 1. The monoisotopic (exact) mass is 324 g/mol. The van der Waals surface area contributed by atoms with E-state index in [9.17, 15) is 14.7 Å². The summed E-state index contributed by atoms with van der Waals surface area (Å²) in [6.45, 7) is 1.18. The Morgan fingerprint density at radius 3 is 3.14 bits per heavy atom. The fourth-order valence-electron chi connectivity index (χ4n) is 3.43. The van der Waals surface area contributed by atoms with E-state index < -0.39 is 5.97 Å². The maximum absolute atomic E-state index is 12.3. The van der Waals surface area contributed by atoms with Gasteiger partial charge in [0.1, 0.15) is 4.88 Å². The van der Waals surface area contributed by atoms with Crippen molar-refractivity contribution in [2.45, 2.75) is 24.8 Å². The number of anilines is 1. The Balaban J connectivity index is 1.64. The number of aliphatic hydroxyl groups excluding tert-OH is 1. The SMILES string of the molecule is COC(=O)c1sccc1NC(=O)CN1CCC[C@@H]2C[C@@]21CO. The Kier molecular flexibility index (Phi) is 4.20. The summed E-state index contributed by atoms with van der Waals surface area (Å²) in [4.78, 5) is 26.4. The third-order valence-corrected chi connectivity index (χ3v) is 5.62. The van der Waals surface area contributed by atoms with Crippen LogP contribution in [0.15, 0.2) is 11.4 Å². The van der Waals surface area contributed by atoms with Crippen LogP contribution in [0.5, 0.6) is 0 Å². The molecule has 1 aliphatic carbocycles. The largest absolute Gasteiger partial charge is 0.465 e. The smallest absolute Gasteiger partial charge is 0.350 e. The lowest BCUT2D eigenvalue weighted by Gasteiger charge is -2.34. The molecule has 1 saturated carbocycles. The van der Waals surface area contributed by atoms with Gasteiger partial charge in [-0.3, -0.25) is 9.69 Å². The molecule has 1 aromatic rings. The summed E-state index contributed by atoms with van der Waals surface area (Å²) < 4.78 is 4.70. The van der Waals surface area contributed by atoms with Gasteiger partial charge < -0.3 is 15.2 Å². The molecule has 0 radical (unpaired) electrons. The van der Waals surface area contributed by atoms with Crippen molar-refractivity contribution in [1.82, 2.24) is 4.90 Å². The normalized spacial score (nSPS) is 27.1. The lowest BCUT2D eigenvalue weighted by Crippen LogP contribution is -2.48. The Labute approximate surface area is 133 Å². The van der Waals surface area contributed by atoms with Crippen LogP contribution in [-0.4, -0.2) is 54.2 Å². The topological polar surface area (TPSA) is 78.9 Å². The molecule has 1 aliphatic heterocycles. The van der Waals surface area contributed by atoms with Gasteiger partial charge in [0, 0.05) is 5.54 Å². The van der Waals surface area contributed by atoms with E-state index in [2.05, 4.69) is 10.2 Å². The molecule has 1 saturated heterocycles. The molecule has 1 aromatic heterocycles. The van der Waals surface area contributed by atoms with Gasteiger partial charge in [-0.25, -0.2) is 4.79 Å². The van der Waals surface area contributed by atoms with Crippen molar-refractivity contribution in [1.29, 1.82) is 0 Å². The first kappa shape index (κ1) is 15.5. The van der Waals surface area contributed by atoms with E-state index in [4.69, 9.17) is 4.74 Å². The van der Waals surface area contributed by atoms with Crippen molar-refractivity contribution in [2.75, 3.05) is 32.1 Å². The molecule has 22 heavy (non-hydrogen) atoms. The second kappa shape index (κ2) is 5.98. The average Bonchev–Trinajstić information content (AvgIpc) is 3.10. The predicted octanol–water partition coefficient (Wildman–Crippen LogP) is 1.32. The minimum absolute atomic E-state index is 0.108. The van der Waals surface area contributed by atoms with Gasteiger partial charge in [-0.1, -0.05) is 0 Å². The predicted molar refractivity (Wildman–Crippen MR) is 83.0 cm³/mol. The molecule has 120 valence electrons. The van der Waals surface area contributed by atoms with Gasteiger partial charge >= 0.3 is 5.97 Å². The quantitative estimate of drug-likeness (QED) is 0.799. The number of thiophene rings is 1. The first-order chi connectivity index (χ1) is 10.6. The van der Waals surface area contributed by atoms with E-state index >= 15 is 0 Å². The van der Waals surface area contributed by atoms with E-state index in [-0.39, 0.29) is 24.6 Å². The molecule has 1 amide bonds. The van der Waals surface area contributed by atoms with E-state index in [1.807, 2.05) is 0 Å². The lowest BCUT2D eigenvalue weighted by atomic mass is 10.0. The van der Waals surface area contributed by atoms with Gasteiger partial charge in [0.15, 0.2) is 0 Å². The van der Waals surface area contributed by atoms with Crippen LogP contribution in [0.2, 0.25) is 0 Å². The fraction of sp³-hybridized carbons (Fsp3) is 0.600. The molecular formula is C15H20N2O4S. The molecule has 0 spiro atoms. The van der Waals surface area contributed by atoms with Crippen molar-refractivity contribution < 1.29 is 19.4 Å². The van der Waals surface area contributed by atoms with E-state index in [1.165, 1.54) is 18.4 Å². The third-order valence-electron chi connectivity index (χ3n) is 4.73. The standard InChI is InChI=1S/C15H20N2O4S/c1-21-14(20)13-11(4-6-22-13)16-12(19)8-17-5-2-3-10-7-15(10,17)9-18/h4,6,10,18H,2-3,5,7-9H2,1H3,(H,16,19)/t10-,15-/m1/s1. The minimum atomic E-state index is -0.447. The highest BCUT2D eigenvalue weighted by Crippen LogP contribution is 2.53. The van der Waals surface area contributed by atoms with Crippen molar-refractivity contribution in [3.8, 4) is 0 Å². The van der Waals surface area contributed by atoms with Crippen molar-refractivity contribution in [3.63, 3.8) is 0 Å². The summed E-state index contributed by atoms with van der Waals surface area (Å²) in [6.07, 6.45) is 3.17. The summed E-state index contributed by atoms with van der Waals surface area (Å²) >= 11 is 1.24. The molecule has 3 rings (SSSR count). The summed E-state index contributed by atoms with van der Waals surface area (Å²) in [5, 5.41) is 14.2. The number of likely N-dealkylation sites (tertiary alicyclic amines) is 1. The van der Waals surface area contributed by atoms with Crippen LogP contribution in [0, 0.1) is 5.92 Å². The highest BCUT2D eigenvalue weighted by Gasteiger charge is 2.59. The van der Waals surface area contributed by atoms with Gasteiger partial charge in [0.25, 0.3) is 0 Å². The number of carbonyl (C=O) groups is 2. The Bertz CT molecular complexity index is 588. The molecule has 2 aliphatic rings. The Hall–Kier alpha value is -1.44. The maximum atomic E-state index is 12.3. The highest BCUT2D eigenvalue weighted by atomic mass is 32.1. The second-order valence-electron chi connectivity index (χ2n) is 5.93. The molecule has 0 aromatic carbocycles. The van der Waals surface area contributed by atoms with E-state index in [1.54, 1.807) is 11.4 Å². The molecule has 7 heteroatoms.